The molecule has 7 nitrogen and oxygen atoms in total. The molecule has 0 bridgehead atoms. The van der Waals surface area contributed by atoms with E-state index in [0.29, 0.717) is 36.2 Å². The van der Waals surface area contributed by atoms with E-state index in [9.17, 15) is 9.59 Å². The summed E-state index contributed by atoms with van der Waals surface area (Å²) in [5.41, 5.74) is -0.0314. The molecule has 1 aliphatic heterocycles. The van der Waals surface area contributed by atoms with E-state index < -0.39 is 11.6 Å². The number of carboxylic acid groups (broad SMARTS) is 1. The van der Waals surface area contributed by atoms with E-state index in [0.717, 1.165) is 0 Å². The minimum Gasteiger partial charge on any atom is -0.488 e. The van der Waals surface area contributed by atoms with E-state index in [1.54, 1.807) is 23.1 Å². The van der Waals surface area contributed by atoms with Crippen LogP contribution in [0.15, 0.2) is 28.7 Å². The van der Waals surface area contributed by atoms with Crippen LogP contribution >= 0.6 is 0 Å². The first-order chi connectivity index (χ1) is 11.7. The van der Waals surface area contributed by atoms with Crippen molar-refractivity contribution in [1.82, 2.24) is 4.90 Å². The largest absolute Gasteiger partial charge is 0.488 e. The lowest BCUT2D eigenvalue weighted by atomic mass is 10.2. The third kappa shape index (κ3) is 4.04. The Morgan fingerprint density at radius 3 is 2.72 bits per heavy atom. The fourth-order valence-corrected chi connectivity index (χ4v) is 2.71. The van der Waals surface area contributed by atoms with Gasteiger partial charge in [0.05, 0.1) is 6.54 Å². The number of amides is 1. The maximum Gasteiger partial charge on any atom is 0.410 e. The van der Waals surface area contributed by atoms with E-state index in [1.165, 1.54) is 6.07 Å². The molecule has 3 rings (SSSR count). The molecule has 0 spiro atoms. The maximum absolute atomic E-state index is 12.1. The van der Waals surface area contributed by atoms with Crippen LogP contribution in [-0.2, 0) is 4.74 Å². The smallest absolute Gasteiger partial charge is 0.410 e. The van der Waals surface area contributed by atoms with Crippen molar-refractivity contribution in [2.75, 3.05) is 13.1 Å². The molecule has 1 aliphatic rings. The molecule has 1 amide bonds. The Morgan fingerprint density at radius 1 is 1.28 bits per heavy atom. The highest BCUT2D eigenvalue weighted by Crippen LogP contribution is 2.26. The van der Waals surface area contributed by atoms with Gasteiger partial charge in [-0.1, -0.05) is 0 Å². The van der Waals surface area contributed by atoms with Gasteiger partial charge in [0.15, 0.2) is 0 Å². The van der Waals surface area contributed by atoms with Crippen LogP contribution in [0.5, 0.6) is 5.75 Å². The maximum atomic E-state index is 12.1. The lowest BCUT2D eigenvalue weighted by molar-refractivity contribution is 0.0275. The highest BCUT2D eigenvalue weighted by molar-refractivity contribution is 5.91. The monoisotopic (exact) mass is 347 g/mol. The number of benzene rings is 1. The van der Waals surface area contributed by atoms with Gasteiger partial charge in [-0.25, -0.2) is 9.59 Å². The number of ether oxygens (including phenoxy) is 2. The summed E-state index contributed by atoms with van der Waals surface area (Å²) in [5, 5.41) is 9.64. The molecule has 1 saturated heterocycles. The van der Waals surface area contributed by atoms with Gasteiger partial charge in [0, 0.05) is 18.4 Å². The number of nitrogens with zero attached hydrogens (tertiary/aromatic N) is 1. The molecular weight excluding hydrogens is 326 g/mol. The summed E-state index contributed by atoms with van der Waals surface area (Å²) < 4.78 is 16.5. The highest BCUT2D eigenvalue weighted by atomic mass is 16.6. The Kier molecular flexibility index (Phi) is 4.32. The second-order valence-electron chi connectivity index (χ2n) is 7.07. The van der Waals surface area contributed by atoms with Gasteiger partial charge in [-0.05, 0) is 45.0 Å². The summed E-state index contributed by atoms with van der Waals surface area (Å²) in [5.74, 6) is -0.604. The number of hydrogen-bond donors (Lipinski definition) is 1. The molecule has 2 aromatic rings. The lowest BCUT2D eigenvalue weighted by Crippen LogP contribution is -2.36. The second kappa shape index (κ2) is 6.31. The van der Waals surface area contributed by atoms with Crippen molar-refractivity contribution in [3.8, 4) is 5.75 Å². The summed E-state index contributed by atoms with van der Waals surface area (Å²) in [7, 11) is 0. The third-order valence-corrected chi connectivity index (χ3v) is 3.80. The molecule has 1 aromatic carbocycles. The number of furan rings is 1. The van der Waals surface area contributed by atoms with Gasteiger partial charge < -0.3 is 23.9 Å². The first kappa shape index (κ1) is 17.1. The normalized spacial score (nSPS) is 17.7. The van der Waals surface area contributed by atoms with Gasteiger partial charge in [-0.15, -0.1) is 0 Å². The van der Waals surface area contributed by atoms with Crippen LogP contribution in [0, 0.1) is 0 Å². The topological polar surface area (TPSA) is 89.2 Å². The van der Waals surface area contributed by atoms with E-state index in [1.807, 2.05) is 20.8 Å². The summed E-state index contributed by atoms with van der Waals surface area (Å²) in [6.07, 6.45) is 0.245. The molecule has 1 N–H and O–H groups in total. The standard InChI is InChI=1S/C18H21NO6/c1-18(2,3)25-17(22)19-7-6-13(10-19)23-12-4-5-14-11(8-12)9-15(24-14)16(20)21/h4-5,8-9,13H,6-7,10H2,1-3H3,(H,20,21). The average Bonchev–Trinajstić information content (AvgIpc) is 3.11. The minimum atomic E-state index is -1.11. The molecule has 0 aliphatic carbocycles. The molecule has 1 aromatic heterocycles. The first-order valence-corrected chi connectivity index (χ1v) is 8.13. The Balaban J connectivity index is 1.64. The number of hydrogen-bond acceptors (Lipinski definition) is 5. The van der Waals surface area contributed by atoms with Crippen molar-refractivity contribution in [3.05, 3.63) is 30.0 Å². The Bertz CT molecular complexity index is 803. The van der Waals surface area contributed by atoms with Crippen LogP contribution in [0.25, 0.3) is 11.0 Å². The Labute approximate surface area is 145 Å². The van der Waals surface area contributed by atoms with E-state index in [4.69, 9.17) is 19.0 Å². The highest BCUT2D eigenvalue weighted by Gasteiger charge is 2.30. The summed E-state index contributed by atoms with van der Waals surface area (Å²) in [4.78, 5) is 24.7. The zero-order valence-corrected chi connectivity index (χ0v) is 14.4. The van der Waals surface area contributed by atoms with Gasteiger partial charge >= 0.3 is 12.1 Å². The molecule has 134 valence electrons. The predicted octanol–water partition coefficient (Wildman–Crippen LogP) is 3.52. The Morgan fingerprint density at radius 2 is 2.04 bits per heavy atom. The molecule has 1 atom stereocenters. The van der Waals surface area contributed by atoms with Crippen LogP contribution in [0.2, 0.25) is 0 Å². The van der Waals surface area contributed by atoms with Gasteiger partial charge in [0.1, 0.15) is 23.0 Å². The van der Waals surface area contributed by atoms with Crippen molar-refractivity contribution in [3.63, 3.8) is 0 Å². The molecular formula is C18H21NO6. The number of likely N-dealkylation sites (tertiary alicyclic amines) is 1. The van der Waals surface area contributed by atoms with Crippen molar-refractivity contribution < 1.29 is 28.6 Å². The summed E-state index contributed by atoms with van der Waals surface area (Å²) in [6.45, 7) is 6.54. The summed E-state index contributed by atoms with van der Waals surface area (Å²) >= 11 is 0. The number of carboxylic acids is 1. The quantitative estimate of drug-likeness (QED) is 0.914. The third-order valence-electron chi connectivity index (χ3n) is 3.80. The second-order valence-corrected chi connectivity index (χ2v) is 7.07. The van der Waals surface area contributed by atoms with Gasteiger partial charge in [0.25, 0.3) is 0 Å². The van der Waals surface area contributed by atoms with E-state index in [-0.39, 0.29) is 18.0 Å². The minimum absolute atomic E-state index is 0.107. The fourth-order valence-electron chi connectivity index (χ4n) is 2.71. The average molecular weight is 347 g/mol. The molecule has 25 heavy (non-hydrogen) atoms. The lowest BCUT2D eigenvalue weighted by Gasteiger charge is -2.24. The molecule has 1 unspecified atom stereocenters. The van der Waals surface area contributed by atoms with Crippen LogP contribution < -0.4 is 4.74 Å². The predicted molar refractivity (Wildman–Crippen MR) is 90.0 cm³/mol. The van der Waals surface area contributed by atoms with Crippen molar-refractivity contribution in [1.29, 1.82) is 0 Å². The first-order valence-electron chi connectivity index (χ1n) is 8.13. The van der Waals surface area contributed by atoms with Crippen molar-refractivity contribution >= 4 is 23.0 Å². The number of rotatable bonds is 3. The number of carbonyl (C=O) groups excluding carboxylic acids is 1. The van der Waals surface area contributed by atoms with Crippen molar-refractivity contribution in [2.45, 2.75) is 38.9 Å². The van der Waals surface area contributed by atoms with Gasteiger partial charge in [0.2, 0.25) is 5.76 Å². The zero-order valence-electron chi connectivity index (χ0n) is 14.4. The van der Waals surface area contributed by atoms with E-state index in [2.05, 4.69) is 0 Å². The molecule has 1 fully saturated rings. The van der Waals surface area contributed by atoms with E-state index >= 15 is 0 Å². The van der Waals surface area contributed by atoms with Crippen molar-refractivity contribution in [2.24, 2.45) is 0 Å². The number of carbonyl (C=O) groups is 2. The van der Waals surface area contributed by atoms with Crippen LogP contribution in [-0.4, -0.2) is 46.9 Å². The molecule has 0 saturated carbocycles. The molecule has 2 heterocycles. The number of aromatic carboxylic acids is 1. The van der Waals surface area contributed by atoms with Crippen LogP contribution in [0.4, 0.5) is 4.79 Å². The fraction of sp³-hybridized carbons (Fsp3) is 0.444. The zero-order chi connectivity index (χ0) is 18.2. The summed E-state index contributed by atoms with van der Waals surface area (Å²) in [6, 6.07) is 6.61. The van der Waals surface area contributed by atoms with Gasteiger partial charge in [-0.3, -0.25) is 0 Å². The van der Waals surface area contributed by atoms with Crippen LogP contribution in [0.1, 0.15) is 37.7 Å². The van der Waals surface area contributed by atoms with Gasteiger partial charge in [-0.2, -0.15) is 0 Å². The SMILES string of the molecule is CC(C)(C)OC(=O)N1CCC(Oc2ccc3oc(C(=O)O)cc3c2)C1. The number of fused-ring (bicyclic) bond motifs is 1. The molecule has 7 heteroatoms. The Hall–Kier alpha value is -2.70. The van der Waals surface area contributed by atoms with Crippen LogP contribution in [0.3, 0.4) is 0 Å². The molecule has 0 radical (unpaired) electrons.